The van der Waals surface area contributed by atoms with Gasteiger partial charge in [-0.1, -0.05) is 74.0 Å². The molecule has 2 nitrogen and oxygen atoms in total. The third-order valence-electron chi connectivity index (χ3n) is 4.94. The Hall–Kier alpha value is -2.61. The summed E-state index contributed by atoms with van der Waals surface area (Å²) in [6.07, 6.45) is 4.05. The van der Waals surface area contributed by atoms with Gasteiger partial charge in [0.2, 0.25) is 0 Å². The van der Waals surface area contributed by atoms with Crippen molar-refractivity contribution in [1.29, 1.82) is 0 Å². The van der Waals surface area contributed by atoms with Crippen LogP contribution in [0.1, 0.15) is 53.6 Å². The molecule has 3 aromatic rings. The molecule has 0 aromatic heterocycles. The highest BCUT2D eigenvalue weighted by molar-refractivity contribution is 5.89. The second-order valence-electron chi connectivity index (χ2n) is 6.68. The predicted molar refractivity (Wildman–Crippen MR) is 103 cm³/mol. The summed E-state index contributed by atoms with van der Waals surface area (Å²) in [6.45, 7) is 2.28. The van der Waals surface area contributed by atoms with E-state index in [1.807, 2.05) is 12.1 Å². The SMILES string of the molecule is C[C@@H](CCCCc1ccccc1C(=O)O)c1cccc2ccccc12. The monoisotopic (exact) mass is 332 g/mol. The minimum absolute atomic E-state index is 0.435. The molecule has 0 saturated heterocycles. The molecule has 2 heteroatoms. The lowest BCUT2D eigenvalue weighted by Crippen LogP contribution is -2.02. The molecule has 0 amide bonds. The maximum Gasteiger partial charge on any atom is 0.335 e. The zero-order valence-corrected chi connectivity index (χ0v) is 14.6. The van der Waals surface area contributed by atoms with Gasteiger partial charge < -0.3 is 5.11 Å². The van der Waals surface area contributed by atoms with E-state index in [0.29, 0.717) is 11.5 Å². The molecule has 0 saturated carbocycles. The quantitative estimate of drug-likeness (QED) is 0.534. The zero-order valence-electron chi connectivity index (χ0n) is 14.6. The van der Waals surface area contributed by atoms with Gasteiger partial charge in [-0.2, -0.15) is 0 Å². The summed E-state index contributed by atoms with van der Waals surface area (Å²) in [4.78, 5) is 11.3. The smallest absolute Gasteiger partial charge is 0.335 e. The van der Waals surface area contributed by atoms with Crippen molar-refractivity contribution in [1.82, 2.24) is 0 Å². The molecule has 0 aliphatic heterocycles. The van der Waals surface area contributed by atoms with Crippen molar-refractivity contribution in [3.8, 4) is 0 Å². The molecule has 0 spiro atoms. The number of fused-ring (bicyclic) bond motifs is 1. The van der Waals surface area contributed by atoms with Gasteiger partial charge >= 0.3 is 5.97 Å². The van der Waals surface area contributed by atoms with E-state index in [0.717, 1.165) is 31.2 Å². The van der Waals surface area contributed by atoms with Crippen LogP contribution in [0.3, 0.4) is 0 Å². The minimum Gasteiger partial charge on any atom is -0.478 e. The molecule has 25 heavy (non-hydrogen) atoms. The third-order valence-corrected chi connectivity index (χ3v) is 4.94. The van der Waals surface area contributed by atoms with Crippen LogP contribution in [-0.4, -0.2) is 11.1 Å². The lowest BCUT2D eigenvalue weighted by Gasteiger charge is -2.15. The zero-order chi connectivity index (χ0) is 17.6. The number of hydrogen-bond donors (Lipinski definition) is 1. The van der Waals surface area contributed by atoms with Gasteiger partial charge in [-0.25, -0.2) is 4.79 Å². The van der Waals surface area contributed by atoms with Crippen LogP contribution in [0, 0.1) is 0 Å². The minimum atomic E-state index is -0.834. The Morgan fingerprint density at radius 3 is 2.48 bits per heavy atom. The number of hydrogen-bond acceptors (Lipinski definition) is 1. The van der Waals surface area contributed by atoms with E-state index in [4.69, 9.17) is 0 Å². The molecule has 0 aliphatic carbocycles. The van der Waals surface area contributed by atoms with Gasteiger partial charge in [0.15, 0.2) is 0 Å². The van der Waals surface area contributed by atoms with Gasteiger partial charge in [0, 0.05) is 0 Å². The Morgan fingerprint density at radius 2 is 1.64 bits per heavy atom. The van der Waals surface area contributed by atoms with E-state index in [1.54, 1.807) is 12.1 Å². The van der Waals surface area contributed by atoms with Gasteiger partial charge in [-0.05, 0) is 53.1 Å². The van der Waals surface area contributed by atoms with Crippen molar-refractivity contribution in [3.05, 3.63) is 83.4 Å². The molecule has 0 aliphatic rings. The summed E-state index contributed by atoms with van der Waals surface area (Å²) >= 11 is 0. The number of aryl methyl sites for hydroxylation is 1. The van der Waals surface area contributed by atoms with Gasteiger partial charge in [0.25, 0.3) is 0 Å². The van der Waals surface area contributed by atoms with E-state index < -0.39 is 5.97 Å². The first-order chi connectivity index (χ1) is 12.2. The molecule has 0 radical (unpaired) electrons. The Balaban J connectivity index is 1.60. The lowest BCUT2D eigenvalue weighted by atomic mass is 9.90. The molecule has 0 bridgehead atoms. The molecule has 3 rings (SSSR count). The molecule has 1 N–H and O–H groups in total. The van der Waals surface area contributed by atoms with E-state index in [2.05, 4.69) is 49.4 Å². The van der Waals surface area contributed by atoms with Crippen molar-refractivity contribution in [3.63, 3.8) is 0 Å². The topological polar surface area (TPSA) is 37.3 Å². The fourth-order valence-corrected chi connectivity index (χ4v) is 3.55. The summed E-state index contributed by atoms with van der Waals surface area (Å²) in [7, 11) is 0. The highest BCUT2D eigenvalue weighted by Crippen LogP contribution is 2.29. The van der Waals surface area contributed by atoms with Crippen LogP contribution in [0.15, 0.2) is 66.7 Å². The molecule has 128 valence electrons. The van der Waals surface area contributed by atoms with Crippen LogP contribution in [-0.2, 0) is 6.42 Å². The van der Waals surface area contributed by atoms with Crippen molar-refractivity contribution < 1.29 is 9.90 Å². The Bertz CT molecular complexity index is 861. The molecular formula is C23H24O2. The van der Waals surface area contributed by atoms with Crippen LogP contribution in [0.4, 0.5) is 0 Å². The first-order valence-corrected chi connectivity index (χ1v) is 8.95. The summed E-state index contributed by atoms with van der Waals surface area (Å²) in [5.41, 5.74) is 2.78. The number of rotatable bonds is 7. The van der Waals surface area contributed by atoms with Crippen molar-refractivity contribution in [2.75, 3.05) is 0 Å². The number of carbonyl (C=O) groups is 1. The summed E-state index contributed by atoms with van der Waals surface area (Å²) in [6, 6.07) is 22.4. The summed E-state index contributed by atoms with van der Waals surface area (Å²) < 4.78 is 0. The second kappa shape index (κ2) is 7.98. The number of unbranched alkanes of at least 4 members (excludes halogenated alkanes) is 1. The first kappa shape index (κ1) is 17.2. The Labute approximate surface area is 149 Å². The van der Waals surface area contributed by atoms with E-state index in [-0.39, 0.29) is 0 Å². The highest BCUT2D eigenvalue weighted by atomic mass is 16.4. The van der Waals surface area contributed by atoms with Gasteiger partial charge in [0.05, 0.1) is 5.56 Å². The van der Waals surface area contributed by atoms with Crippen molar-refractivity contribution in [2.45, 2.75) is 38.5 Å². The largest absolute Gasteiger partial charge is 0.478 e. The first-order valence-electron chi connectivity index (χ1n) is 8.95. The van der Waals surface area contributed by atoms with Crippen molar-refractivity contribution in [2.24, 2.45) is 0 Å². The predicted octanol–water partition coefficient (Wildman–Crippen LogP) is 6.05. The van der Waals surface area contributed by atoms with Gasteiger partial charge in [-0.3, -0.25) is 0 Å². The summed E-state index contributed by atoms with van der Waals surface area (Å²) in [5.74, 6) is -0.333. The molecule has 1 atom stereocenters. The molecule has 0 fully saturated rings. The average molecular weight is 332 g/mol. The van der Waals surface area contributed by atoms with E-state index in [9.17, 15) is 9.90 Å². The maximum atomic E-state index is 11.3. The average Bonchev–Trinajstić information content (AvgIpc) is 2.64. The van der Waals surface area contributed by atoms with Crippen LogP contribution < -0.4 is 0 Å². The van der Waals surface area contributed by atoms with E-state index in [1.165, 1.54) is 16.3 Å². The normalized spacial score (nSPS) is 12.2. The third kappa shape index (κ3) is 4.08. The highest BCUT2D eigenvalue weighted by Gasteiger charge is 2.11. The van der Waals surface area contributed by atoms with Crippen LogP contribution in [0.25, 0.3) is 10.8 Å². The maximum absolute atomic E-state index is 11.3. The molecular weight excluding hydrogens is 308 g/mol. The fourth-order valence-electron chi connectivity index (χ4n) is 3.55. The van der Waals surface area contributed by atoms with Crippen LogP contribution in [0.2, 0.25) is 0 Å². The number of carboxylic acids is 1. The number of carboxylic acid groups (broad SMARTS) is 1. The molecule has 0 heterocycles. The van der Waals surface area contributed by atoms with Gasteiger partial charge in [0.1, 0.15) is 0 Å². The number of aromatic carboxylic acids is 1. The fraction of sp³-hybridized carbons (Fsp3) is 0.261. The number of benzene rings is 3. The van der Waals surface area contributed by atoms with Crippen LogP contribution >= 0.6 is 0 Å². The lowest BCUT2D eigenvalue weighted by molar-refractivity contribution is 0.0695. The Morgan fingerprint density at radius 1 is 0.920 bits per heavy atom. The van der Waals surface area contributed by atoms with E-state index >= 15 is 0 Å². The summed E-state index contributed by atoms with van der Waals surface area (Å²) in [5, 5.41) is 11.9. The molecule has 0 unspecified atom stereocenters. The van der Waals surface area contributed by atoms with Crippen molar-refractivity contribution >= 4 is 16.7 Å². The standard InChI is InChI=1S/C23H24O2/c1-17(20-16-8-13-18-10-4-6-14-21(18)20)9-2-3-11-19-12-5-7-15-22(19)23(24)25/h4-8,10,12-17H,2-3,9,11H2,1H3,(H,24,25)/t17-/m0/s1. The second-order valence-corrected chi connectivity index (χ2v) is 6.68. The molecule has 3 aromatic carbocycles. The Kier molecular flexibility index (Phi) is 5.49. The van der Waals surface area contributed by atoms with Gasteiger partial charge in [-0.15, -0.1) is 0 Å². The van der Waals surface area contributed by atoms with Crippen LogP contribution in [0.5, 0.6) is 0 Å².